The van der Waals surface area contributed by atoms with E-state index in [0.717, 1.165) is 25.2 Å². The van der Waals surface area contributed by atoms with Gasteiger partial charge in [-0.25, -0.2) is 14.5 Å². The molecule has 2 atom stereocenters. The lowest BCUT2D eigenvalue weighted by molar-refractivity contribution is -0.384. The molecular formula is C18H21N5O4S. The molecule has 28 heavy (non-hydrogen) atoms. The van der Waals surface area contributed by atoms with Crippen molar-refractivity contribution in [3.63, 3.8) is 0 Å². The van der Waals surface area contributed by atoms with E-state index in [0.29, 0.717) is 18.7 Å². The van der Waals surface area contributed by atoms with Gasteiger partial charge in [-0.05, 0) is 24.1 Å². The molecule has 0 saturated carbocycles. The molecular weight excluding hydrogens is 382 g/mol. The van der Waals surface area contributed by atoms with Gasteiger partial charge in [0.25, 0.3) is 5.69 Å². The highest BCUT2D eigenvalue weighted by Crippen LogP contribution is 2.25. The summed E-state index contributed by atoms with van der Waals surface area (Å²) in [4.78, 5) is 29.0. The monoisotopic (exact) mass is 403 g/mol. The number of carbonyl (C=O) groups excluding carboxylic acids is 1. The Bertz CT molecular complexity index is 871. The van der Waals surface area contributed by atoms with Gasteiger partial charge in [-0.15, -0.1) is 0 Å². The molecule has 1 fully saturated rings. The number of nitrogens with zero attached hydrogens (tertiary/aromatic N) is 5. The van der Waals surface area contributed by atoms with Crippen LogP contribution in [0.3, 0.4) is 0 Å². The second-order valence-electron chi connectivity index (χ2n) is 7.02. The van der Waals surface area contributed by atoms with Gasteiger partial charge >= 0.3 is 6.09 Å². The number of aromatic nitrogens is 2. The minimum atomic E-state index is -0.457. The molecule has 1 aromatic carbocycles. The number of thiol groups is 1. The zero-order valence-corrected chi connectivity index (χ0v) is 16.1. The maximum absolute atomic E-state index is 12.6. The number of carbonyl (C=O) groups is 1. The third-order valence-corrected chi connectivity index (χ3v) is 5.53. The van der Waals surface area contributed by atoms with Crippen molar-refractivity contribution in [2.45, 2.75) is 30.7 Å². The van der Waals surface area contributed by atoms with Crippen LogP contribution < -0.4 is 5.01 Å². The van der Waals surface area contributed by atoms with Crippen LogP contribution in [-0.2, 0) is 17.8 Å². The van der Waals surface area contributed by atoms with Gasteiger partial charge in [-0.2, -0.15) is 12.6 Å². The lowest BCUT2D eigenvalue weighted by Gasteiger charge is -2.29. The van der Waals surface area contributed by atoms with E-state index in [9.17, 15) is 14.9 Å². The Hall–Kier alpha value is -2.75. The van der Waals surface area contributed by atoms with Gasteiger partial charge < -0.3 is 14.6 Å². The first-order chi connectivity index (χ1) is 13.5. The molecule has 1 aromatic heterocycles. The maximum Gasteiger partial charge on any atom is 0.410 e. The summed E-state index contributed by atoms with van der Waals surface area (Å²) < 4.78 is 7.50. The van der Waals surface area contributed by atoms with Crippen LogP contribution in [0.15, 0.2) is 36.7 Å². The van der Waals surface area contributed by atoms with E-state index in [2.05, 4.69) is 22.6 Å². The zero-order chi connectivity index (χ0) is 19.7. The van der Waals surface area contributed by atoms with Crippen molar-refractivity contribution in [2.75, 3.05) is 24.6 Å². The molecule has 3 heterocycles. The fourth-order valence-corrected chi connectivity index (χ4v) is 4.17. The molecule has 4 rings (SSSR count). The normalized spacial score (nSPS) is 21.0. The summed E-state index contributed by atoms with van der Waals surface area (Å²) in [6.07, 6.45) is 5.04. The largest absolute Gasteiger partial charge is 0.445 e. The van der Waals surface area contributed by atoms with Gasteiger partial charge in [0.15, 0.2) is 0 Å². The molecule has 1 amide bonds. The van der Waals surface area contributed by atoms with Gasteiger partial charge in [-0.1, -0.05) is 0 Å². The summed E-state index contributed by atoms with van der Waals surface area (Å²) in [5.74, 6) is 1.03. The first kappa shape index (κ1) is 18.6. The molecule has 148 valence electrons. The molecule has 0 aliphatic carbocycles. The number of rotatable bonds is 5. The number of fused-ring (bicyclic) bond motifs is 1. The van der Waals surface area contributed by atoms with Gasteiger partial charge in [-0.3, -0.25) is 10.1 Å². The molecule has 2 aliphatic rings. The van der Waals surface area contributed by atoms with Crippen molar-refractivity contribution >= 4 is 24.4 Å². The van der Waals surface area contributed by atoms with Crippen LogP contribution in [0.4, 0.5) is 10.5 Å². The predicted octanol–water partition coefficient (Wildman–Crippen LogP) is 1.99. The highest BCUT2D eigenvalue weighted by Gasteiger charge is 2.36. The molecule has 2 aromatic rings. The number of non-ortho nitro benzene ring substituents is 1. The molecule has 1 saturated heterocycles. The molecule has 0 radical (unpaired) electrons. The fourth-order valence-electron chi connectivity index (χ4n) is 3.75. The van der Waals surface area contributed by atoms with E-state index in [-0.39, 0.29) is 29.7 Å². The highest BCUT2D eigenvalue weighted by molar-refractivity contribution is 7.81. The lowest BCUT2D eigenvalue weighted by atomic mass is 10.2. The fraction of sp³-hybridized carbons (Fsp3) is 0.444. The van der Waals surface area contributed by atoms with Crippen LogP contribution in [0.2, 0.25) is 0 Å². The van der Waals surface area contributed by atoms with Crippen molar-refractivity contribution in [1.82, 2.24) is 14.6 Å². The number of nitro benzene ring substituents is 1. The predicted molar refractivity (Wildman–Crippen MR) is 105 cm³/mol. The van der Waals surface area contributed by atoms with E-state index in [1.54, 1.807) is 23.2 Å². The van der Waals surface area contributed by atoms with E-state index in [1.165, 1.54) is 12.1 Å². The van der Waals surface area contributed by atoms with Crippen LogP contribution in [0, 0.1) is 10.1 Å². The lowest BCUT2D eigenvalue weighted by Crippen LogP contribution is -2.46. The number of ether oxygens (including phenoxy) is 1. The quantitative estimate of drug-likeness (QED) is 0.466. The van der Waals surface area contributed by atoms with E-state index >= 15 is 0 Å². The van der Waals surface area contributed by atoms with E-state index < -0.39 is 4.92 Å². The number of benzene rings is 1. The standard InChI is InChI=1S/C18H21N5O4S/c24-18(27-12-13-1-3-14(4-2-13)23(25)26)21-11-16(28)9-15(21)10-20-7-5-17-19-6-8-22(17)20/h1-4,6,8,15-16,28H,5,7,9-12H2/t15-,16-/m0/s1. The number of nitro groups is 1. The van der Waals surface area contributed by atoms with Crippen molar-refractivity contribution in [1.29, 1.82) is 0 Å². The van der Waals surface area contributed by atoms with Crippen LogP contribution in [-0.4, -0.2) is 56.5 Å². The molecule has 0 unspecified atom stereocenters. The third-order valence-electron chi connectivity index (χ3n) is 5.15. The summed E-state index contributed by atoms with van der Waals surface area (Å²) in [5.41, 5.74) is 0.719. The number of hydrogen-bond donors (Lipinski definition) is 1. The second-order valence-corrected chi connectivity index (χ2v) is 7.75. The van der Waals surface area contributed by atoms with E-state index in [1.807, 2.05) is 10.9 Å². The summed E-state index contributed by atoms with van der Waals surface area (Å²) >= 11 is 4.56. The Morgan fingerprint density at radius 2 is 2.14 bits per heavy atom. The average molecular weight is 403 g/mol. The van der Waals surface area contributed by atoms with Crippen molar-refractivity contribution in [3.05, 3.63) is 58.2 Å². The molecule has 0 spiro atoms. The Kier molecular flexibility index (Phi) is 5.12. The summed E-state index contributed by atoms with van der Waals surface area (Å²) in [7, 11) is 0. The molecule has 0 bridgehead atoms. The first-order valence-corrected chi connectivity index (χ1v) is 9.65. The van der Waals surface area contributed by atoms with Gasteiger partial charge in [0.2, 0.25) is 0 Å². The summed E-state index contributed by atoms with van der Waals surface area (Å²) in [6.45, 7) is 2.19. The third kappa shape index (κ3) is 3.77. The highest BCUT2D eigenvalue weighted by atomic mass is 32.1. The second kappa shape index (κ2) is 7.70. The average Bonchev–Trinajstić information content (AvgIpc) is 3.37. The molecule has 10 heteroatoms. The number of likely N-dealkylation sites (tertiary alicyclic amines) is 1. The smallest absolute Gasteiger partial charge is 0.410 e. The SMILES string of the molecule is O=C(OCc1ccc([N+](=O)[O-])cc1)N1C[C@@H](S)C[C@H]1CN1CCc2nccn21. The Morgan fingerprint density at radius 1 is 1.36 bits per heavy atom. The Labute approximate surface area is 167 Å². The van der Waals surface area contributed by atoms with Crippen LogP contribution in [0.5, 0.6) is 0 Å². The molecule has 2 aliphatic heterocycles. The molecule has 0 N–H and O–H groups in total. The maximum atomic E-state index is 12.6. The van der Waals surface area contributed by atoms with Crippen molar-refractivity contribution in [2.24, 2.45) is 0 Å². The van der Waals surface area contributed by atoms with Crippen molar-refractivity contribution < 1.29 is 14.5 Å². The minimum Gasteiger partial charge on any atom is -0.445 e. The Balaban J connectivity index is 1.36. The van der Waals surface area contributed by atoms with Gasteiger partial charge in [0, 0.05) is 49.3 Å². The first-order valence-electron chi connectivity index (χ1n) is 9.13. The Morgan fingerprint density at radius 3 is 2.89 bits per heavy atom. The minimum absolute atomic E-state index is 0.0112. The summed E-state index contributed by atoms with van der Waals surface area (Å²) in [5, 5.41) is 13.0. The van der Waals surface area contributed by atoms with E-state index in [4.69, 9.17) is 4.74 Å². The molecule has 9 nitrogen and oxygen atoms in total. The number of imidazole rings is 1. The number of amides is 1. The van der Waals surface area contributed by atoms with Crippen LogP contribution in [0.1, 0.15) is 17.8 Å². The van der Waals surface area contributed by atoms with Gasteiger partial charge in [0.05, 0.1) is 17.5 Å². The topological polar surface area (TPSA) is 93.7 Å². The van der Waals surface area contributed by atoms with Crippen LogP contribution >= 0.6 is 12.6 Å². The zero-order valence-electron chi connectivity index (χ0n) is 15.2. The van der Waals surface area contributed by atoms with Crippen molar-refractivity contribution in [3.8, 4) is 0 Å². The van der Waals surface area contributed by atoms with Gasteiger partial charge in [0.1, 0.15) is 12.4 Å². The number of hydrogen-bond acceptors (Lipinski definition) is 7. The van der Waals surface area contributed by atoms with Crippen LogP contribution in [0.25, 0.3) is 0 Å². The summed E-state index contributed by atoms with van der Waals surface area (Å²) in [6, 6.07) is 6.02.